The van der Waals surface area contributed by atoms with Crippen molar-refractivity contribution in [3.05, 3.63) is 71.2 Å². The normalized spacial score (nSPS) is 18.5. The maximum absolute atomic E-state index is 13.2. The lowest BCUT2D eigenvalue weighted by Gasteiger charge is -2.40. The molecule has 3 saturated heterocycles. The van der Waals surface area contributed by atoms with Crippen LogP contribution in [0.15, 0.2) is 48.8 Å². The number of urea groups is 1. The predicted octanol–water partition coefficient (Wildman–Crippen LogP) is 6.42. The molecule has 5 aliphatic heterocycles. The van der Waals surface area contributed by atoms with Crippen LogP contribution in [0, 0.1) is 19.8 Å². The smallest absolute Gasteiger partial charge is 0.415 e. The van der Waals surface area contributed by atoms with Gasteiger partial charge in [0.05, 0.1) is 43.5 Å². The molecule has 7 heterocycles. The van der Waals surface area contributed by atoms with Crippen molar-refractivity contribution in [1.29, 1.82) is 0 Å². The average Bonchev–Trinajstić information content (AvgIpc) is 3.29. The number of hydrogen-bond acceptors (Lipinski definition) is 14. The molecule has 4 amide bonds. The number of aromatic nitrogens is 3. The Balaban J connectivity index is 0.777. The Kier molecular flexibility index (Phi) is 12.3. The Hall–Kier alpha value is -6.36. The Morgan fingerprint density at radius 1 is 0.862 bits per heavy atom. The third-order valence-electron chi connectivity index (χ3n) is 13.2. The Morgan fingerprint density at radius 2 is 1.62 bits per heavy atom. The number of ether oxygens (including phenoxy) is 3. The molecule has 5 aliphatic rings. The lowest BCUT2D eigenvalue weighted by Crippen LogP contribution is -2.50. The van der Waals surface area contributed by atoms with E-state index in [4.69, 9.17) is 19.2 Å². The van der Waals surface area contributed by atoms with Crippen LogP contribution in [0.1, 0.15) is 62.4 Å². The quantitative estimate of drug-likeness (QED) is 0.189. The maximum atomic E-state index is 13.2. The molecular formula is C48H61N11O6. The minimum absolute atomic E-state index is 0.220. The van der Waals surface area contributed by atoms with Crippen LogP contribution in [0.5, 0.6) is 11.6 Å². The summed E-state index contributed by atoms with van der Waals surface area (Å²) in [4.78, 5) is 64.6. The summed E-state index contributed by atoms with van der Waals surface area (Å²) in [6.45, 7) is 19.2. The van der Waals surface area contributed by atoms with Crippen LogP contribution in [0.4, 0.5) is 49.7 Å². The number of amides is 4. The van der Waals surface area contributed by atoms with Crippen molar-refractivity contribution in [2.45, 2.75) is 72.4 Å². The summed E-state index contributed by atoms with van der Waals surface area (Å²) >= 11 is 0. The van der Waals surface area contributed by atoms with Crippen LogP contribution < -0.4 is 44.6 Å². The molecule has 4 aromatic rings. The van der Waals surface area contributed by atoms with E-state index in [1.165, 1.54) is 5.69 Å². The van der Waals surface area contributed by atoms with Crippen LogP contribution in [0.2, 0.25) is 0 Å². The van der Waals surface area contributed by atoms with E-state index < -0.39 is 11.7 Å². The fraction of sp³-hybridized carbons (Fsp3) is 0.500. The standard InChI is InChI=1S/C48H61N11O6/c1-31-25-35(8-10-39(31)58-18-14-42(60)53-46(58)61)56-21-19-54(20-22-56)29-33-11-15-55(16-12-33)36-7-9-37(41(26-36)63-6)51-45-50-27-34-13-17-57(30-38(34)52-45)40-28-49-44-43(32(40)2)59(23-24-64-44)47(62)65-48(3,4)5/h7-10,25-28,33H,11-24,29-30H2,1-6H3,(H,50,51,52)(H,53,60,61). The van der Waals surface area contributed by atoms with Gasteiger partial charge in [-0.3, -0.25) is 24.8 Å². The van der Waals surface area contributed by atoms with Gasteiger partial charge in [-0.15, -0.1) is 0 Å². The van der Waals surface area contributed by atoms with E-state index >= 15 is 0 Å². The van der Waals surface area contributed by atoms with Crippen LogP contribution in [-0.4, -0.2) is 123 Å². The molecule has 2 aromatic heterocycles. The lowest BCUT2D eigenvalue weighted by molar-refractivity contribution is -0.120. The molecule has 0 radical (unpaired) electrons. The summed E-state index contributed by atoms with van der Waals surface area (Å²) < 4.78 is 17.5. The Labute approximate surface area is 381 Å². The van der Waals surface area contributed by atoms with Crippen molar-refractivity contribution < 1.29 is 28.6 Å². The molecule has 0 aliphatic carbocycles. The summed E-state index contributed by atoms with van der Waals surface area (Å²) in [6, 6.07) is 12.2. The molecular weight excluding hydrogens is 827 g/mol. The van der Waals surface area contributed by atoms with Crippen molar-refractivity contribution in [3.63, 3.8) is 0 Å². The van der Waals surface area contributed by atoms with Crippen LogP contribution in [0.3, 0.4) is 0 Å². The second kappa shape index (κ2) is 18.3. The number of anilines is 7. The van der Waals surface area contributed by atoms with Gasteiger partial charge >= 0.3 is 12.1 Å². The number of nitrogens with zero attached hydrogens (tertiary/aromatic N) is 9. The maximum Gasteiger partial charge on any atom is 0.415 e. The summed E-state index contributed by atoms with van der Waals surface area (Å²) in [7, 11) is 1.70. The van der Waals surface area contributed by atoms with Crippen molar-refractivity contribution in [2.75, 3.05) is 109 Å². The van der Waals surface area contributed by atoms with Gasteiger partial charge in [0.1, 0.15) is 23.6 Å². The molecule has 17 nitrogen and oxygen atoms in total. The topological polar surface area (TPSA) is 161 Å². The summed E-state index contributed by atoms with van der Waals surface area (Å²) in [5, 5.41) is 5.85. The zero-order chi connectivity index (χ0) is 45.4. The molecule has 9 rings (SSSR count). The Morgan fingerprint density at radius 3 is 2.35 bits per heavy atom. The molecule has 0 spiro atoms. The van der Waals surface area contributed by atoms with Gasteiger partial charge in [0.15, 0.2) is 0 Å². The molecule has 3 fully saturated rings. The number of carbonyl (C=O) groups is 3. The molecule has 0 bridgehead atoms. The van der Waals surface area contributed by atoms with E-state index in [0.717, 1.165) is 123 Å². The van der Waals surface area contributed by atoms with Gasteiger partial charge in [-0.05, 0) is 101 Å². The number of piperazine rings is 1. The molecule has 2 aromatic carbocycles. The molecule has 344 valence electrons. The van der Waals surface area contributed by atoms with Gasteiger partial charge in [0.25, 0.3) is 0 Å². The van der Waals surface area contributed by atoms with Crippen molar-refractivity contribution in [1.82, 2.24) is 25.2 Å². The number of pyridine rings is 1. The fourth-order valence-corrected chi connectivity index (χ4v) is 9.68. The predicted molar refractivity (Wildman–Crippen MR) is 251 cm³/mol. The van der Waals surface area contributed by atoms with Crippen molar-refractivity contribution >= 4 is 58.1 Å². The molecule has 0 atom stereocenters. The number of carbonyl (C=O) groups excluding carboxylic acids is 3. The number of methoxy groups -OCH3 is 1. The number of nitrogens with one attached hydrogen (secondary N) is 2. The van der Waals surface area contributed by atoms with E-state index in [-0.39, 0.29) is 11.9 Å². The SMILES string of the molecule is COc1cc(N2CCC(CN3CCN(c4ccc(N5CCC(=O)NC5=O)c(C)c4)CC3)CC2)ccc1Nc1ncc2c(n1)CN(c1cnc3c(c1C)N(C(=O)OC(C)(C)C)CCO3)CC2. The number of rotatable bonds is 9. The van der Waals surface area contributed by atoms with Gasteiger partial charge in [-0.2, -0.15) is 0 Å². The van der Waals surface area contributed by atoms with E-state index in [1.807, 2.05) is 53.1 Å². The largest absolute Gasteiger partial charge is 0.494 e. The molecule has 65 heavy (non-hydrogen) atoms. The molecule has 0 saturated carbocycles. The van der Waals surface area contributed by atoms with Crippen molar-refractivity contribution in [2.24, 2.45) is 5.92 Å². The zero-order valence-electron chi connectivity index (χ0n) is 38.5. The minimum Gasteiger partial charge on any atom is -0.494 e. The number of aryl methyl sites for hydroxylation is 1. The minimum atomic E-state index is -0.624. The monoisotopic (exact) mass is 887 g/mol. The fourth-order valence-electron chi connectivity index (χ4n) is 9.68. The van der Waals surface area contributed by atoms with Gasteiger partial charge in [0, 0.05) is 100 Å². The number of imide groups is 1. The van der Waals surface area contributed by atoms with Gasteiger partial charge in [0.2, 0.25) is 17.7 Å². The second-order valence-electron chi connectivity index (χ2n) is 18.7. The third-order valence-corrected chi connectivity index (χ3v) is 13.2. The summed E-state index contributed by atoms with van der Waals surface area (Å²) in [5.74, 6) is 2.10. The summed E-state index contributed by atoms with van der Waals surface area (Å²) in [5.41, 5.74) is 8.88. The third kappa shape index (κ3) is 9.56. The lowest BCUT2D eigenvalue weighted by atomic mass is 9.95. The second-order valence-corrected chi connectivity index (χ2v) is 18.7. The Bertz CT molecular complexity index is 2440. The highest BCUT2D eigenvalue weighted by Gasteiger charge is 2.33. The highest BCUT2D eigenvalue weighted by Crippen LogP contribution is 2.40. The zero-order valence-corrected chi connectivity index (χ0v) is 38.5. The number of benzene rings is 2. The van der Waals surface area contributed by atoms with Gasteiger partial charge < -0.3 is 34.2 Å². The van der Waals surface area contributed by atoms with Crippen LogP contribution >= 0.6 is 0 Å². The van der Waals surface area contributed by atoms with E-state index in [1.54, 1.807) is 16.9 Å². The van der Waals surface area contributed by atoms with E-state index in [9.17, 15) is 14.4 Å². The van der Waals surface area contributed by atoms with E-state index in [0.29, 0.717) is 56.1 Å². The van der Waals surface area contributed by atoms with Crippen LogP contribution in [0.25, 0.3) is 0 Å². The average molecular weight is 888 g/mol. The van der Waals surface area contributed by atoms with Crippen LogP contribution in [-0.2, 0) is 22.5 Å². The molecule has 2 N–H and O–H groups in total. The first-order chi connectivity index (χ1) is 31.3. The molecule has 0 unspecified atom stereocenters. The highest BCUT2D eigenvalue weighted by atomic mass is 16.6. The summed E-state index contributed by atoms with van der Waals surface area (Å²) in [6.07, 6.45) is 6.68. The van der Waals surface area contributed by atoms with E-state index in [2.05, 4.69) is 70.5 Å². The highest BCUT2D eigenvalue weighted by molar-refractivity contribution is 6.06. The first-order valence-electron chi connectivity index (χ1n) is 22.9. The number of piperidine rings is 1. The molecule has 17 heteroatoms. The van der Waals surface area contributed by atoms with Gasteiger partial charge in [-0.1, -0.05) is 0 Å². The number of hydrogen-bond donors (Lipinski definition) is 2. The number of fused-ring (bicyclic) bond motifs is 2. The first kappa shape index (κ1) is 43.9. The van der Waals surface area contributed by atoms with Gasteiger partial charge in [-0.25, -0.2) is 24.5 Å². The van der Waals surface area contributed by atoms with Crippen molar-refractivity contribution in [3.8, 4) is 11.6 Å². The first-order valence-corrected chi connectivity index (χ1v) is 22.9.